The molecule has 0 saturated carbocycles. The van der Waals surface area contributed by atoms with Crippen molar-refractivity contribution in [1.82, 2.24) is 20.3 Å². The minimum atomic E-state index is -0.218. The van der Waals surface area contributed by atoms with E-state index < -0.39 is 0 Å². The first-order chi connectivity index (χ1) is 13.6. The molecule has 0 aliphatic carbocycles. The number of carbonyl (C=O) groups is 1. The van der Waals surface area contributed by atoms with Crippen molar-refractivity contribution in [2.45, 2.75) is 25.3 Å². The number of hydrogen-bond acceptors (Lipinski definition) is 6. The number of hydrogen-bond donors (Lipinski definition) is 3. The van der Waals surface area contributed by atoms with E-state index in [1.807, 2.05) is 37.6 Å². The average Bonchev–Trinajstić information content (AvgIpc) is 3.41. The summed E-state index contributed by atoms with van der Waals surface area (Å²) in [5.41, 5.74) is 2.27. The summed E-state index contributed by atoms with van der Waals surface area (Å²) in [7, 11) is 2.01. The van der Waals surface area contributed by atoms with Crippen molar-refractivity contribution < 1.29 is 4.79 Å². The van der Waals surface area contributed by atoms with Crippen LogP contribution in [0.3, 0.4) is 0 Å². The summed E-state index contributed by atoms with van der Waals surface area (Å²) >= 11 is 1.46. The number of anilines is 2. The van der Waals surface area contributed by atoms with Gasteiger partial charge in [-0.15, -0.1) is 11.3 Å². The highest BCUT2D eigenvalue weighted by molar-refractivity contribution is 7.13. The Hall–Kier alpha value is -2.71. The molecule has 8 heteroatoms. The van der Waals surface area contributed by atoms with Gasteiger partial charge in [0.15, 0.2) is 5.82 Å². The Bertz CT molecular complexity index is 943. The van der Waals surface area contributed by atoms with E-state index in [0.717, 1.165) is 48.0 Å². The second-order valence-electron chi connectivity index (χ2n) is 7.26. The molecule has 0 radical (unpaired) electrons. The number of carbonyl (C=O) groups excluding carboxylic acids is 1. The van der Waals surface area contributed by atoms with E-state index in [1.165, 1.54) is 11.3 Å². The Morgan fingerprint density at radius 2 is 2.14 bits per heavy atom. The number of H-pyrrole nitrogens is 1. The first kappa shape index (κ1) is 18.6. The van der Waals surface area contributed by atoms with Gasteiger partial charge in [-0.05, 0) is 45.0 Å². The highest BCUT2D eigenvalue weighted by Crippen LogP contribution is 2.30. The number of thiazole rings is 1. The van der Waals surface area contributed by atoms with Gasteiger partial charge in [0.1, 0.15) is 10.7 Å². The van der Waals surface area contributed by atoms with Crippen molar-refractivity contribution >= 4 is 28.7 Å². The maximum Gasteiger partial charge on any atom is 0.275 e. The van der Waals surface area contributed by atoms with Gasteiger partial charge in [-0.2, -0.15) is 0 Å². The fourth-order valence-corrected chi connectivity index (χ4v) is 4.16. The minimum absolute atomic E-state index is 0.157. The fraction of sp³-hybridized carbons (Fsp3) is 0.350. The fourth-order valence-electron chi connectivity index (χ4n) is 3.36. The van der Waals surface area contributed by atoms with Gasteiger partial charge in [-0.3, -0.25) is 4.79 Å². The predicted octanol–water partition coefficient (Wildman–Crippen LogP) is 3.36. The number of nitrogens with zero attached hydrogens (tertiary/aromatic N) is 3. The molecular weight excluding hydrogens is 372 g/mol. The van der Waals surface area contributed by atoms with Crippen LogP contribution < -0.4 is 15.5 Å². The van der Waals surface area contributed by atoms with Crippen LogP contribution in [0, 0.1) is 0 Å². The number of amides is 1. The molecule has 4 heterocycles. The quantitative estimate of drug-likeness (QED) is 0.616. The zero-order chi connectivity index (χ0) is 19.6. The number of aromatic nitrogens is 3. The molecule has 4 rings (SSSR count). The molecule has 7 nitrogen and oxygen atoms in total. The molecule has 0 spiro atoms. The van der Waals surface area contributed by atoms with Crippen molar-refractivity contribution in [2.24, 2.45) is 0 Å². The molecule has 0 aromatic carbocycles. The number of pyridine rings is 1. The Morgan fingerprint density at radius 1 is 1.32 bits per heavy atom. The summed E-state index contributed by atoms with van der Waals surface area (Å²) in [4.78, 5) is 27.0. The van der Waals surface area contributed by atoms with Crippen molar-refractivity contribution in [1.29, 1.82) is 0 Å². The molecule has 0 atom stereocenters. The Morgan fingerprint density at radius 3 is 2.86 bits per heavy atom. The van der Waals surface area contributed by atoms with Crippen LogP contribution in [-0.4, -0.2) is 46.5 Å². The summed E-state index contributed by atoms with van der Waals surface area (Å²) < 4.78 is 0. The van der Waals surface area contributed by atoms with Crippen LogP contribution in [0.2, 0.25) is 0 Å². The van der Waals surface area contributed by atoms with E-state index in [-0.39, 0.29) is 11.4 Å². The van der Waals surface area contributed by atoms with Gasteiger partial charge in [0.05, 0.1) is 5.69 Å². The molecule has 1 amide bonds. The van der Waals surface area contributed by atoms with E-state index in [2.05, 4.69) is 37.4 Å². The summed E-state index contributed by atoms with van der Waals surface area (Å²) in [5.74, 6) is 0.597. The van der Waals surface area contributed by atoms with Gasteiger partial charge in [-0.25, -0.2) is 9.97 Å². The molecule has 1 aliphatic heterocycles. The summed E-state index contributed by atoms with van der Waals surface area (Å²) in [6.07, 6.45) is 7.54. The smallest absolute Gasteiger partial charge is 0.275 e. The van der Waals surface area contributed by atoms with E-state index >= 15 is 0 Å². The van der Waals surface area contributed by atoms with Crippen LogP contribution in [-0.2, 0) is 0 Å². The standard InChI is InChI=1S/C20H24N6OS/c1-20(21-2)6-10-26(11-7-20)17-15(4-3-8-23-17)24-18(27)16-13-28-19(25-16)14-5-9-22-12-14/h3-5,8-9,12-13,21-22H,6-7,10-11H2,1-2H3,(H,24,27). The zero-order valence-corrected chi connectivity index (χ0v) is 16.8. The summed E-state index contributed by atoms with van der Waals surface area (Å²) in [6, 6.07) is 5.67. The van der Waals surface area contributed by atoms with Gasteiger partial charge in [-0.1, -0.05) is 0 Å². The van der Waals surface area contributed by atoms with Crippen molar-refractivity contribution in [3.8, 4) is 10.6 Å². The minimum Gasteiger partial charge on any atom is -0.367 e. The molecule has 0 unspecified atom stereocenters. The maximum absolute atomic E-state index is 12.8. The lowest BCUT2D eigenvalue weighted by molar-refractivity contribution is 0.102. The molecule has 3 aromatic rings. The summed E-state index contributed by atoms with van der Waals surface area (Å²) in [5, 5.41) is 9.01. The lowest BCUT2D eigenvalue weighted by Crippen LogP contribution is -2.50. The van der Waals surface area contributed by atoms with Crippen LogP contribution in [0.25, 0.3) is 10.6 Å². The Balaban J connectivity index is 1.49. The molecule has 3 N–H and O–H groups in total. The third kappa shape index (κ3) is 3.79. The predicted molar refractivity (Wildman–Crippen MR) is 113 cm³/mol. The zero-order valence-electron chi connectivity index (χ0n) is 16.0. The lowest BCUT2D eigenvalue weighted by Gasteiger charge is -2.40. The molecule has 1 aliphatic rings. The molecule has 0 bridgehead atoms. The second kappa shape index (κ2) is 7.73. The highest BCUT2D eigenvalue weighted by Gasteiger charge is 2.29. The Kier molecular flexibility index (Phi) is 5.15. The van der Waals surface area contributed by atoms with E-state index in [4.69, 9.17) is 0 Å². The van der Waals surface area contributed by atoms with Gasteiger partial charge in [0.25, 0.3) is 5.91 Å². The topological polar surface area (TPSA) is 85.9 Å². The number of rotatable bonds is 5. The molecule has 3 aromatic heterocycles. The van der Waals surface area contributed by atoms with E-state index in [0.29, 0.717) is 5.69 Å². The van der Waals surface area contributed by atoms with Gasteiger partial charge >= 0.3 is 0 Å². The highest BCUT2D eigenvalue weighted by atomic mass is 32.1. The molecule has 28 heavy (non-hydrogen) atoms. The SMILES string of the molecule is CNC1(C)CCN(c2ncccc2NC(=O)c2csc(-c3cc[nH]c3)n2)CC1. The normalized spacial score (nSPS) is 16.1. The molecule has 1 fully saturated rings. The van der Waals surface area contributed by atoms with Crippen molar-refractivity contribution in [2.75, 3.05) is 30.4 Å². The van der Waals surface area contributed by atoms with E-state index in [9.17, 15) is 4.79 Å². The van der Waals surface area contributed by atoms with Crippen LogP contribution in [0.15, 0.2) is 42.2 Å². The summed E-state index contributed by atoms with van der Waals surface area (Å²) in [6.45, 7) is 4.03. The largest absolute Gasteiger partial charge is 0.367 e. The number of aromatic amines is 1. The third-order valence-electron chi connectivity index (χ3n) is 5.39. The van der Waals surface area contributed by atoms with Crippen LogP contribution in [0.4, 0.5) is 11.5 Å². The van der Waals surface area contributed by atoms with Crippen LogP contribution >= 0.6 is 11.3 Å². The maximum atomic E-state index is 12.8. The molecule has 1 saturated heterocycles. The van der Waals surface area contributed by atoms with Crippen LogP contribution in [0.1, 0.15) is 30.3 Å². The molecular formula is C20H24N6OS. The van der Waals surface area contributed by atoms with Crippen molar-refractivity contribution in [3.63, 3.8) is 0 Å². The van der Waals surface area contributed by atoms with Gasteiger partial charge in [0.2, 0.25) is 0 Å². The molecule has 146 valence electrons. The second-order valence-corrected chi connectivity index (χ2v) is 8.12. The average molecular weight is 397 g/mol. The van der Waals surface area contributed by atoms with Crippen molar-refractivity contribution in [3.05, 3.63) is 47.9 Å². The van der Waals surface area contributed by atoms with Gasteiger partial charge < -0.3 is 20.5 Å². The van der Waals surface area contributed by atoms with Gasteiger partial charge in [0, 0.05) is 48.2 Å². The Labute approximate surface area is 168 Å². The lowest BCUT2D eigenvalue weighted by atomic mass is 9.90. The first-order valence-corrected chi connectivity index (χ1v) is 10.2. The van der Waals surface area contributed by atoms with E-state index in [1.54, 1.807) is 11.6 Å². The number of nitrogens with one attached hydrogen (secondary N) is 3. The third-order valence-corrected chi connectivity index (χ3v) is 6.28. The first-order valence-electron chi connectivity index (χ1n) is 9.37. The number of piperidine rings is 1. The monoisotopic (exact) mass is 396 g/mol. The van der Waals surface area contributed by atoms with Crippen LogP contribution in [0.5, 0.6) is 0 Å².